The third-order valence-electron chi connectivity index (χ3n) is 4.20. The molecule has 10 heteroatoms. The molecule has 1 aromatic carbocycles. The van der Waals surface area contributed by atoms with Crippen molar-refractivity contribution in [3.05, 3.63) is 42.2 Å². The van der Waals surface area contributed by atoms with E-state index in [9.17, 15) is 13.2 Å². The number of ether oxygens (including phenoxy) is 3. The number of benzene rings is 1. The van der Waals surface area contributed by atoms with E-state index in [1.165, 1.54) is 44.8 Å². The fourth-order valence-electron chi connectivity index (χ4n) is 2.77. The van der Waals surface area contributed by atoms with Gasteiger partial charge in [-0.1, -0.05) is 0 Å². The Balaban J connectivity index is 1.86. The lowest BCUT2D eigenvalue weighted by molar-refractivity contribution is 0.0302. The Morgan fingerprint density at radius 3 is 2.57 bits per heavy atom. The Hall–Kier alpha value is -2.85. The van der Waals surface area contributed by atoms with Crippen molar-refractivity contribution >= 4 is 21.6 Å². The van der Waals surface area contributed by atoms with Gasteiger partial charge in [-0.15, -0.1) is 0 Å². The predicted molar refractivity (Wildman–Crippen MR) is 101 cm³/mol. The molecule has 0 aliphatic carbocycles. The molecule has 2 aromatic rings. The van der Waals surface area contributed by atoms with E-state index < -0.39 is 10.0 Å². The average molecular weight is 407 g/mol. The predicted octanol–water partition coefficient (Wildman–Crippen LogP) is 1.37. The number of carbonyl (C=O) groups excluding carboxylic acids is 1. The maximum absolute atomic E-state index is 12.8. The Morgan fingerprint density at radius 1 is 1.14 bits per heavy atom. The van der Waals surface area contributed by atoms with Crippen molar-refractivity contribution in [2.45, 2.75) is 4.90 Å². The lowest BCUT2D eigenvalue weighted by atomic mass is 10.2. The average Bonchev–Trinajstić information content (AvgIpc) is 2.73. The molecule has 1 amide bonds. The van der Waals surface area contributed by atoms with E-state index in [0.717, 1.165) is 0 Å². The first-order chi connectivity index (χ1) is 13.4. The van der Waals surface area contributed by atoms with Gasteiger partial charge in [0, 0.05) is 25.4 Å². The van der Waals surface area contributed by atoms with Crippen LogP contribution in [-0.2, 0) is 14.8 Å². The first-order valence-electron chi connectivity index (χ1n) is 8.51. The second-order valence-corrected chi connectivity index (χ2v) is 7.64. The molecule has 28 heavy (non-hydrogen) atoms. The Labute approximate surface area is 163 Å². The summed E-state index contributed by atoms with van der Waals surface area (Å²) in [5.74, 6) is 0.313. The Morgan fingerprint density at radius 2 is 1.89 bits per heavy atom. The standard InChI is InChI=1S/C18H21N3O6S/c1-25-15-3-4-16(26-2)17(10-15)28(23,24)20-14-9-13(11-19-12-14)18(22)21-5-7-27-8-6-21/h3-4,9-12,20H,5-8H2,1-2H3. The summed E-state index contributed by atoms with van der Waals surface area (Å²) < 4.78 is 43.6. The van der Waals surface area contributed by atoms with Crippen LogP contribution >= 0.6 is 0 Å². The number of hydrogen-bond donors (Lipinski definition) is 1. The SMILES string of the molecule is COc1ccc(OC)c(S(=O)(=O)Nc2cncc(C(=O)N3CCOCC3)c2)c1. The van der Waals surface area contributed by atoms with Crippen LogP contribution in [0, 0.1) is 0 Å². The molecule has 1 N–H and O–H groups in total. The van der Waals surface area contributed by atoms with Crippen molar-refractivity contribution in [3.8, 4) is 11.5 Å². The molecule has 0 radical (unpaired) electrons. The van der Waals surface area contributed by atoms with Crippen LogP contribution < -0.4 is 14.2 Å². The van der Waals surface area contributed by atoms with Gasteiger partial charge in [0.1, 0.15) is 16.4 Å². The van der Waals surface area contributed by atoms with Gasteiger partial charge < -0.3 is 19.1 Å². The number of methoxy groups -OCH3 is 2. The number of sulfonamides is 1. The highest BCUT2D eigenvalue weighted by molar-refractivity contribution is 7.92. The lowest BCUT2D eigenvalue weighted by Crippen LogP contribution is -2.40. The van der Waals surface area contributed by atoms with Crippen LogP contribution in [0.3, 0.4) is 0 Å². The molecule has 0 atom stereocenters. The monoisotopic (exact) mass is 407 g/mol. The minimum Gasteiger partial charge on any atom is -0.497 e. The molecular weight excluding hydrogens is 386 g/mol. The third-order valence-corrected chi connectivity index (χ3v) is 5.60. The smallest absolute Gasteiger partial charge is 0.265 e. The molecule has 0 bridgehead atoms. The van der Waals surface area contributed by atoms with Crippen LogP contribution in [0.4, 0.5) is 5.69 Å². The van der Waals surface area contributed by atoms with Gasteiger partial charge in [0.15, 0.2) is 0 Å². The summed E-state index contributed by atoms with van der Waals surface area (Å²) in [4.78, 5) is 18.1. The second kappa shape index (κ2) is 8.44. The molecule has 1 aliphatic heterocycles. The zero-order valence-electron chi connectivity index (χ0n) is 15.5. The number of nitrogens with one attached hydrogen (secondary N) is 1. The zero-order valence-corrected chi connectivity index (χ0v) is 16.4. The number of hydrogen-bond acceptors (Lipinski definition) is 7. The van der Waals surface area contributed by atoms with Crippen molar-refractivity contribution in [3.63, 3.8) is 0 Å². The van der Waals surface area contributed by atoms with Crippen LogP contribution in [0.5, 0.6) is 11.5 Å². The lowest BCUT2D eigenvalue weighted by Gasteiger charge is -2.26. The maximum Gasteiger partial charge on any atom is 0.265 e. The van der Waals surface area contributed by atoms with Crippen molar-refractivity contribution in [1.82, 2.24) is 9.88 Å². The quantitative estimate of drug-likeness (QED) is 0.771. The van der Waals surface area contributed by atoms with Gasteiger partial charge in [0.25, 0.3) is 15.9 Å². The molecule has 2 heterocycles. The Bertz CT molecular complexity index is 958. The summed E-state index contributed by atoms with van der Waals surface area (Å²) in [5.41, 5.74) is 0.462. The van der Waals surface area contributed by atoms with Crippen LogP contribution in [0.15, 0.2) is 41.6 Å². The van der Waals surface area contributed by atoms with Gasteiger partial charge >= 0.3 is 0 Å². The van der Waals surface area contributed by atoms with Gasteiger partial charge in [0.2, 0.25) is 0 Å². The Kier molecular flexibility index (Phi) is 6.00. The van der Waals surface area contributed by atoms with Crippen LogP contribution in [0.2, 0.25) is 0 Å². The van der Waals surface area contributed by atoms with E-state index in [1.807, 2.05) is 0 Å². The summed E-state index contributed by atoms with van der Waals surface area (Å²) in [7, 11) is -1.18. The van der Waals surface area contributed by atoms with Gasteiger partial charge in [0.05, 0.1) is 44.9 Å². The number of aromatic nitrogens is 1. The van der Waals surface area contributed by atoms with Gasteiger partial charge in [-0.05, 0) is 18.2 Å². The van der Waals surface area contributed by atoms with Gasteiger partial charge in [-0.3, -0.25) is 14.5 Å². The number of rotatable bonds is 6. The molecule has 0 spiro atoms. The highest BCUT2D eigenvalue weighted by Gasteiger charge is 2.23. The van der Waals surface area contributed by atoms with Crippen molar-refractivity contribution in [1.29, 1.82) is 0 Å². The van der Waals surface area contributed by atoms with E-state index in [4.69, 9.17) is 14.2 Å². The molecule has 150 valence electrons. The third kappa shape index (κ3) is 4.34. The minimum atomic E-state index is -4.00. The van der Waals surface area contributed by atoms with E-state index >= 15 is 0 Å². The fourth-order valence-corrected chi connectivity index (χ4v) is 3.99. The summed E-state index contributed by atoms with van der Waals surface area (Å²) in [6.07, 6.45) is 2.74. The number of pyridine rings is 1. The summed E-state index contributed by atoms with van der Waals surface area (Å²) in [6.45, 7) is 1.91. The normalized spacial score (nSPS) is 14.4. The first kappa shape index (κ1) is 19.9. The molecule has 0 saturated carbocycles. The number of carbonyl (C=O) groups is 1. The molecule has 9 nitrogen and oxygen atoms in total. The topological polar surface area (TPSA) is 107 Å². The van der Waals surface area contributed by atoms with E-state index in [1.54, 1.807) is 11.0 Å². The molecule has 1 saturated heterocycles. The highest BCUT2D eigenvalue weighted by atomic mass is 32.2. The first-order valence-corrected chi connectivity index (χ1v) is 10.00. The van der Waals surface area contributed by atoms with Crippen LogP contribution in [0.25, 0.3) is 0 Å². The number of amides is 1. The molecule has 1 fully saturated rings. The van der Waals surface area contributed by atoms with Crippen molar-refractivity contribution < 1.29 is 27.4 Å². The van der Waals surface area contributed by atoms with E-state index in [0.29, 0.717) is 37.6 Å². The second-order valence-electron chi connectivity index (χ2n) is 5.99. The van der Waals surface area contributed by atoms with Crippen molar-refractivity contribution in [2.24, 2.45) is 0 Å². The fraction of sp³-hybridized carbons (Fsp3) is 0.333. The minimum absolute atomic E-state index is 0.0840. The summed E-state index contributed by atoms with van der Waals surface area (Å²) in [6, 6.07) is 5.91. The number of anilines is 1. The molecule has 0 unspecified atom stereocenters. The van der Waals surface area contributed by atoms with Gasteiger partial charge in [-0.2, -0.15) is 0 Å². The maximum atomic E-state index is 12.8. The largest absolute Gasteiger partial charge is 0.497 e. The number of morpholine rings is 1. The van der Waals surface area contributed by atoms with Crippen LogP contribution in [0.1, 0.15) is 10.4 Å². The van der Waals surface area contributed by atoms with Crippen molar-refractivity contribution in [2.75, 3.05) is 45.2 Å². The van der Waals surface area contributed by atoms with E-state index in [-0.39, 0.29) is 22.2 Å². The van der Waals surface area contributed by atoms with Gasteiger partial charge in [-0.25, -0.2) is 8.42 Å². The highest BCUT2D eigenvalue weighted by Crippen LogP contribution is 2.29. The summed E-state index contributed by atoms with van der Waals surface area (Å²) >= 11 is 0. The summed E-state index contributed by atoms with van der Waals surface area (Å²) in [5, 5.41) is 0. The zero-order chi connectivity index (χ0) is 20.1. The van der Waals surface area contributed by atoms with E-state index in [2.05, 4.69) is 9.71 Å². The molecular formula is C18H21N3O6S. The number of nitrogens with zero attached hydrogens (tertiary/aromatic N) is 2. The molecule has 3 rings (SSSR count). The molecule has 1 aliphatic rings. The molecule has 1 aromatic heterocycles. The van der Waals surface area contributed by atoms with Crippen LogP contribution in [-0.4, -0.2) is 64.7 Å².